The van der Waals surface area contributed by atoms with Gasteiger partial charge < -0.3 is 9.47 Å². The Labute approximate surface area is 102 Å². The molecule has 4 heteroatoms. The maximum atomic E-state index is 11.0. The summed E-state index contributed by atoms with van der Waals surface area (Å²) in [6, 6.07) is 0. The first-order valence-corrected chi connectivity index (χ1v) is 5.44. The molecule has 0 aromatic carbocycles. The highest BCUT2D eigenvalue weighted by Crippen LogP contribution is 2.28. The van der Waals surface area contributed by atoms with Gasteiger partial charge in [0.25, 0.3) is 0 Å². The average Bonchev–Trinajstić information content (AvgIpc) is 2.32. The van der Waals surface area contributed by atoms with Crippen LogP contribution in [0.1, 0.15) is 20.8 Å². The van der Waals surface area contributed by atoms with E-state index in [0.717, 1.165) is 12.2 Å². The van der Waals surface area contributed by atoms with E-state index in [1.807, 2.05) is 20.8 Å². The standard InChI is InChI=1S/C13H20O4/c1-6-11(14)16-8-13(5,10(3)4)9-17-12(15)7-2/h6-7,10H,1-2,8-9H2,3-5H3. The van der Waals surface area contributed by atoms with E-state index in [4.69, 9.17) is 9.47 Å². The lowest BCUT2D eigenvalue weighted by Crippen LogP contribution is -2.36. The van der Waals surface area contributed by atoms with Crippen molar-refractivity contribution in [3.05, 3.63) is 25.3 Å². The summed E-state index contributed by atoms with van der Waals surface area (Å²) in [5.41, 5.74) is -0.419. The Morgan fingerprint density at radius 1 is 1.12 bits per heavy atom. The lowest BCUT2D eigenvalue weighted by Gasteiger charge is -2.32. The van der Waals surface area contributed by atoms with E-state index in [0.29, 0.717) is 0 Å². The summed E-state index contributed by atoms with van der Waals surface area (Å²) in [4.78, 5) is 22.0. The summed E-state index contributed by atoms with van der Waals surface area (Å²) in [5, 5.41) is 0. The van der Waals surface area contributed by atoms with Gasteiger partial charge in [-0.2, -0.15) is 0 Å². The summed E-state index contributed by atoms with van der Waals surface area (Å²) in [6.45, 7) is 12.8. The largest absolute Gasteiger partial charge is 0.462 e. The fourth-order valence-electron chi connectivity index (χ4n) is 0.965. The second-order valence-corrected chi connectivity index (χ2v) is 4.43. The third-order valence-corrected chi connectivity index (χ3v) is 2.82. The van der Waals surface area contributed by atoms with Crippen molar-refractivity contribution in [2.24, 2.45) is 11.3 Å². The van der Waals surface area contributed by atoms with Crippen LogP contribution in [0.5, 0.6) is 0 Å². The van der Waals surface area contributed by atoms with Gasteiger partial charge >= 0.3 is 11.9 Å². The molecule has 0 aliphatic carbocycles. The second-order valence-electron chi connectivity index (χ2n) is 4.43. The third kappa shape index (κ3) is 5.33. The molecule has 0 atom stereocenters. The van der Waals surface area contributed by atoms with Crippen molar-refractivity contribution >= 4 is 11.9 Å². The van der Waals surface area contributed by atoms with Gasteiger partial charge in [0.05, 0.1) is 0 Å². The highest BCUT2D eigenvalue weighted by Gasteiger charge is 2.31. The monoisotopic (exact) mass is 240 g/mol. The smallest absolute Gasteiger partial charge is 0.330 e. The zero-order valence-electron chi connectivity index (χ0n) is 10.7. The highest BCUT2D eigenvalue weighted by atomic mass is 16.5. The number of hydrogen-bond acceptors (Lipinski definition) is 4. The minimum Gasteiger partial charge on any atom is -0.462 e. The van der Waals surface area contributed by atoms with Crippen LogP contribution < -0.4 is 0 Å². The van der Waals surface area contributed by atoms with Crippen LogP contribution in [-0.4, -0.2) is 25.2 Å². The van der Waals surface area contributed by atoms with E-state index in [1.54, 1.807) is 0 Å². The van der Waals surface area contributed by atoms with Crippen LogP contribution in [0.3, 0.4) is 0 Å². The Balaban J connectivity index is 4.45. The Kier molecular flexibility index (Phi) is 6.25. The van der Waals surface area contributed by atoms with Crippen molar-refractivity contribution in [1.82, 2.24) is 0 Å². The maximum absolute atomic E-state index is 11.0. The summed E-state index contributed by atoms with van der Waals surface area (Å²) in [6.07, 6.45) is 2.22. The van der Waals surface area contributed by atoms with Crippen molar-refractivity contribution in [2.45, 2.75) is 20.8 Å². The molecular weight excluding hydrogens is 220 g/mol. The van der Waals surface area contributed by atoms with Gasteiger partial charge in [-0.15, -0.1) is 0 Å². The lowest BCUT2D eigenvalue weighted by atomic mass is 9.80. The molecule has 0 bridgehead atoms. The molecule has 0 saturated heterocycles. The fourth-order valence-corrected chi connectivity index (χ4v) is 0.965. The van der Waals surface area contributed by atoms with E-state index in [2.05, 4.69) is 13.2 Å². The molecule has 0 aromatic rings. The Hall–Kier alpha value is -1.58. The van der Waals surface area contributed by atoms with Crippen LogP contribution in [0, 0.1) is 11.3 Å². The van der Waals surface area contributed by atoms with Crippen LogP contribution in [0.25, 0.3) is 0 Å². The molecule has 0 radical (unpaired) electrons. The highest BCUT2D eigenvalue weighted by molar-refractivity contribution is 5.81. The van der Waals surface area contributed by atoms with Gasteiger partial charge in [-0.05, 0) is 5.92 Å². The van der Waals surface area contributed by atoms with Crippen molar-refractivity contribution in [2.75, 3.05) is 13.2 Å². The third-order valence-electron chi connectivity index (χ3n) is 2.82. The van der Waals surface area contributed by atoms with E-state index in [9.17, 15) is 9.59 Å². The topological polar surface area (TPSA) is 52.6 Å². The molecule has 0 rings (SSSR count). The first-order valence-electron chi connectivity index (χ1n) is 5.44. The SMILES string of the molecule is C=CC(=O)OCC(C)(COC(=O)C=C)C(C)C. The van der Waals surface area contributed by atoms with Gasteiger partial charge in [0.15, 0.2) is 0 Å². The summed E-state index contributed by atoms with van der Waals surface area (Å²) >= 11 is 0. The predicted molar refractivity (Wildman–Crippen MR) is 65.3 cm³/mol. The minimum atomic E-state index is -0.480. The van der Waals surface area contributed by atoms with Gasteiger partial charge in [0, 0.05) is 17.6 Å². The van der Waals surface area contributed by atoms with Crippen LogP contribution >= 0.6 is 0 Å². The molecule has 0 spiro atoms. The first kappa shape index (κ1) is 15.4. The van der Waals surface area contributed by atoms with E-state index >= 15 is 0 Å². The Morgan fingerprint density at radius 3 is 1.71 bits per heavy atom. The molecule has 96 valence electrons. The maximum Gasteiger partial charge on any atom is 0.330 e. The van der Waals surface area contributed by atoms with E-state index in [-0.39, 0.29) is 19.1 Å². The number of carbonyl (C=O) groups is 2. The number of carbonyl (C=O) groups excluding carboxylic acids is 2. The number of rotatable bonds is 7. The van der Waals surface area contributed by atoms with Gasteiger partial charge in [-0.1, -0.05) is 33.9 Å². The van der Waals surface area contributed by atoms with Gasteiger partial charge in [0.1, 0.15) is 13.2 Å². The van der Waals surface area contributed by atoms with E-state index < -0.39 is 17.4 Å². The molecule has 0 saturated carbocycles. The van der Waals surface area contributed by atoms with Crippen molar-refractivity contribution in [3.63, 3.8) is 0 Å². The average molecular weight is 240 g/mol. The number of ether oxygens (including phenoxy) is 2. The normalized spacial score (nSPS) is 10.8. The van der Waals surface area contributed by atoms with Gasteiger partial charge in [-0.3, -0.25) is 0 Å². The summed E-state index contributed by atoms with van der Waals surface area (Å²) in [5.74, 6) is -0.767. The van der Waals surface area contributed by atoms with Crippen molar-refractivity contribution in [3.8, 4) is 0 Å². The Morgan fingerprint density at radius 2 is 1.47 bits per heavy atom. The van der Waals surface area contributed by atoms with E-state index in [1.165, 1.54) is 0 Å². The van der Waals surface area contributed by atoms with Crippen LogP contribution in [0.4, 0.5) is 0 Å². The molecule has 0 unspecified atom stereocenters. The molecule has 0 fully saturated rings. The molecule has 0 aromatic heterocycles. The van der Waals surface area contributed by atoms with Crippen LogP contribution in [0.15, 0.2) is 25.3 Å². The molecule has 0 heterocycles. The van der Waals surface area contributed by atoms with Crippen LogP contribution in [-0.2, 0) is 19.1 Å². The van der Waals surface area contributed by atoms with Crippen LogP contribution in [0.2, 0.25) is 0 Å². The summed E-state index contributed by atoms with van der Waals surface area (Å²) in [7, 11) is 0. The molecule has 17 heavy (non-hydrogen) atoms. The van der Waals surface area contributed by atoms with Gasteiger partial charge in [-0.25, -0.2) is 9.59 Å². The predicted octanol–water partition coefficient (Wildman–Crippen LogP) is 2.11. The molecule has 0 aliphatic rings. The lowest BCUT2D eigenvalue weighted by molar-refractivity contribution is -0.149. The Bertz CT molecular complexity index is 281. The fraction of sp³-hybridized carbons (Fsp3) is 0.538. The first-order chi connectivity index (χ1) is 7.85. The number of hydrogen-bond donors (Lipinski definition) is 0. The van der Waals surface area contributed by atoms with Crippen molar-refractivity contribution < 1.29 is 19.1 Å². The van der Waals surface area contributed by atoms with Crippen molar-refractivity contribution in [1.29, 1.82) is 0 Å². The summed E-state index contributed by atoms with van der Waals surface area (Å²) < 4.78 is 10.0. The molecule has 0 aliphatic heterocycles. The minimum absolute atomic E-state index is 0.180. The second kappa shape index (κ2) is 6.89. The molecule has 0 amide bonds. The number of esters is 2. The zero-order chi connectivity index (χ0) is 13.5. The zero-order valence-corrected chi connectivity index (χ0v) is 10.7. The molecule has 0 N–H and O–H groups in total. The quantitative estimate of drug-likeness (QED) is 0.505. The molecular formula is C13H20O4. The van der Waals surface area contributed by atoms with Gasteiger partial charge in [0.2, 0.25) is 0 Å². The molecule has 4 nitrogen and oxygen atoms in total.